The Balaban J connectivity index is 0.000000186. The van der Waals surface area contributed by atoms with E-state index in [0.29, 0.717) is 0 Å². The minimum atomic E-state index is 0. The first-order valence-corrected chi connectivity index (χ1v) is 17.6. The summed E-state index contributed by atoms with van der Waals surface area (Å²) >= 11 is 0. The van der Waals surface area contributed by atoms with Crippen molar-refractivity contribution in [1.29, 1.82) is 0 Å². The first-order chi connectivity index (χ1) is 26.8. The minimum Gasteiger partial charge on any atom is -0.355 e. The molecule has 3 aromatic heterocycles. The van der Waals surface area contributed by atoms with Gasteiger partial charge in [0.1, 0.15) is 0 Å². The summed E-state index contributed by atoms with van der Waals surface area (Å²) < 4.78 is 0. The fourth-order valence-electron chi connectivity index (χ4n) is 5.24. The average molecular weight is 786 g/mol. The molecule has 5 aromatic carbocycles. The Morgan fingerprint density at radius 3 is 1.16 bits per heavy atom. The molecular weight excluding hydrogens is 748 g/mol. The number of fused-ring (bicyclic) bond motifs is 8. The van der Waals surface area contributed by atoms with Crippen molar-refractivity contribution in [3.63, 3.8) is 0 Å². The molecule has 0 fully saturated rings. The summed E-state index contributed by atoms with van der Waals surface area (Å²) in [5.41, 5.74) is 10.1. The van der Waals surface area contributed by atoms with E-state index in [1.807, 2.05) is 164 Å². The van der Waals surface area contributed by atoms with Gasteiger partial charge in [0.2, 0.25) is 0 Å². The zero-order valence-electron chi connectivity index (χ0n) is 30.2. The van der Waals surface area contributed by atoms with Gasteiger partial charge in [-0.1, -0.05) is 30.3 Å². The smallest absolute Gasteiger partial charge is 0.355 e. The second kappa shape index (κ2) is 22.6. The molecule has 0 atom stereocenters. The summed E-state index contributed by atoms with van der Waals surface area (Å²) in [6.07, 6.45) is 8.10. The summed E-state index contributed by atoms with van der Waals surface area (Å²) in [5.74, 6) is 0. The fraction of sp³-hybridized carbons (Fsp3) is 0. The molecule has 0 saturated carbocycles. The van der Waals surface area contributed by atoms with Gasteiger partial charge in [-0.25, -0.2) is 9.97 Å². The number of hydrogen-bond donors (Lipinski definition) is 2. The van der Waals surface area contributed by atoms with Gasteiger partial charge < -0.3 is 9.97 Å². The van der Waals surface area contributed by atoms with Crippen LogP contribution in [0.4, 0.5) is 0 Å². The van der Waals surface area contributed by atoms with E-state index in [1.54, 1.807) is 0 Å². The van der Waals surface area contributed by atoms with Crippen molar-refractivity contribution in [1.82, 2.24) is 19.9 Å². The van der Waals surface area contributed by atoms with Crippen LogP contribution in [0.25, 0.3) is 57.5 Å². The Kier molecular flexibility index (Phi) is 16.4. The molecule has 8 bridgehead atoms. The van der Waals surface area contributed by atoms with Crippen molar-refractivity contribution in [2.75, 3.05) is 0 Å². The largest absolute Gasteiger partial charge is 4.00 e. The maximum atomic E-state index is 4.76. The van der Waals surface area contributed by atoms with E-state index in [-0.39, 0.29) is 26.2 Å². The van der Waals surface area contributed by atoms with Crippen LogP contribution in [0.1, 0.15) is 22.8 Å². The summed E-state index contributed by atoms with van der Waals surface area (Å²) in [6, 6.07) is 75.0. The van der Waals surface area contributed by atoms with E-state index >= 15 is 0 Å². The van der Waals surface area contributed by atoms with Crippen molar-refractivity contribution in [2.45, 2.75) is 0 Å². The molecule has 5 heteroatoms. The third-order valence-corrected chi connectivity index (χ3v) is 7.68. The number of rotatable bonds is 1. The van der Waals surface area contributed by atoms with Gasteiger partial charge >= 0.3 is 26.2 Å². The molecule has 0 aliphatic carbocycles. The molecule has 2 aliphatic heterocycles. The van der Waals surface area contributed by atoms with Crippen LogP contribution in [0.15, 0.2) is 194 Å². The van der Waals surface area contributed by atoms with Crippen molar-refractivity contribution < 1.29 is 26.2 Å². The van der Waals surface area contributed by atoms with Crippen LogP contribution in [0, 0.1) is 24.3 Å². The number of aromatic nitrogens is 4. The minimum absolute atomic E-state index is 0. The molecule has 0 spiro atoms. The van der Waals surface area contributed by atoms with Crippen LogP contribution in [0.3, 0.4) is 0 Å². The summed E-state index contributed by atoms with van der Waals surface area (Å²) in [7, 11) is 0. The van der Waals surface area contributed by atoms with Gasteiger partial charge in [-0.05, 0) is 72.3 Å². The van der Waals surface area contributed by atoms with E-state index in [9.17, 15) is 0 Å². The molecule has 2 aliphatic rings. The predicted octanol–water partition coefficient (Wildman–Crippen LogP) is 12.3. The quantitative estimate of drug-likeness (QED) is 0.163. The molecule has 0 unspecified atom stereocenters. The Hall–Kier alpha value is -6.42. The van der Waals surface area contributed by atoms with Crippen LogP contribution < -0.4 is 0 Å². The topological polar surface area (TPSA) is 57.4 Å². The van der Waals surface area contributed by atoms with Crippen LogP contribution >= 0.6 is 0 Å². The van der Waals surface area contributed by atoms with Gasteiger partial charge in [0, 0.05) is 27.6 Å². The number of hydrogen-bond acceptors (Lipinski definition) is 2. The molecule has 262 valence electrons. The van der Waals surface area contributed by atoms with E-state index in [2.05, 4.69) is 93.8 Å². The molecular formula is C50H38N4Zr. The number of benzene rings is 5. The molecule has 10 rings (SSSR count). The molecule has 0 amide bonds. The van der Waals surface area contributed by atoms with Crippen LogP contribution in [0.5, 0.6) is 0 Å². The standard InChI is InChI=1S/C26H18N4.4C6H5.Zr/c1-2-4-17(5-3-1)25-15-24-14-22-9-8-20(28-22)12-18-6-7-19(27-18)13-21-10-11-23(29-21)16-26(25)30-24;4*1-2-4-6-5-3-1;/h1-16,28,30H;4*1-5H;/q;4*-1;+4. The summed E-state index contributed by atoms with van der Waals surface area (Å²) in [4.78, 5) is 16.4. The van der Waals surface area contributed by atoms with Gasteiger partial charge in [-0.15, -0.1) is 0 Å². The van der Waals surface area contributed by atoms with Crippen LogP contribution in [-0.4, -0.2) is 19.9 Å². The Bertz CT molecular complexity index is 2240. The molecule has 2 N–H and O–H groups in total. The van der Waals surface area contributed by atoms with Crippen LogP contribution in [-0.2, 0) is 26.2 Å². The van der Waals surface area contributed by atoms with E-state index in [1.165, 1.54) is 5.56 Å². The van der Waals surface area contributed by atoms with Crippen LogP contribution in [0.2, 0.25) is 0 Å². The monoisotopic (exact) mass is 784 g/mol. The van der Waals surface area contributed by atoms with Gasteiger partial charge in [-0.3, -0.25) is 0 Å². The molecule has 55 heavy (non-hydrogen) atoms. The molecule has 0 saturated heterocycles. The maximum absolute atomic E-state index is 4.76. The summed E-state index contributed by atoms with van der Waals surface area (Å²) in [6.45, 7) is 0. The Morgan fingerprint density at radius 2 is 0.745 bits per heavy atom. The first kappa shape index (κ1) is 39.8. The maximum Gasteiger partial charge on any atom is 4.00 e. The summed E-state index contributed by atoms with van der Waals surface area (Å²) in [5, 5.41) is 0. The third kappa shape index (κ3) is 13.8. The zero-order chi connectivity index (χ0) is 36.9. The molecule has 4 nitrogen and oxygen atoms in total. The molecule has 8 aromatic rings. The van der Waals surface area contributed by atoms with Crippen molar-refractivity contribution in [2.24, 2.45) is 0 Å². The number of nitrogens with zero attached hydrogens (tertiary/aromatic N) is 2. The number of H-pyrrole nitrogens is 2. The second-order valence-electron chi connectivity index (χ2n) is 11.8. The number of nitrogens with one attached hydrogen (secondary N) is 2. The van der Waals surface area contributed by atoms with Gasteiger partial charge in [0.25, 0.3) is 0 Å². The normalized spacial score (nSPS) is 10.3. The van der Waals surface area contributed by atoms with E-state index in [0.717, 1.165) is 50.4 Å². The molecule has 5 heterocycles. The third-order valence-electron chi connectivity index (χ3n) is 7.68. The Morgan fingerprint density at radius 1 is 0.345 bits per heavy atom. The van der Waals surface area contributed by atoms with E-state index in [4.69, 9.17) is 4.98 Å². The van der Waals surface area contributed by atoms with Gasteiger partial charge in [0.15, 0.2) is 0 Å². The Labute approximate surface area is 342 Å². The van der Waals surface area contributed by atoms with Gasteiger partial charge in [0.05, 0.1) is 22.8 Å². The van der Waals surface area contributed by atoms with Crippen molar-refractivity contribution in [3.05, 3.63) is 241 Å². The zero-order valence-corrected chi connectivity index (χ0v) is 32.6. The van der Waals surface area contributed by atoms with Crippen molar-refractivity contribution in [3.8, 4) is 11.1 Å². The predicted molar refractivity (Wildman–Crippen MR) is 225 cm³/mol. The SMILES string of the molecule is C1=Cc2cc3ccc(cc4cc(-c5ccccc5)c(cc5nc(cc1n2)C=C5)[nH]4)[nH]3.[Zr+4].[c-]1ccccc1.[c-]1ccccc1.[c-]1ccccc1.[c-]1ccccc1. The second-order valence-corrected chi connectivity index (χ2v) is 11.8. The molecule has 0 radical (unpaired) electrons. The number of aromatic amines is 2. The van der Waals surface area contributed by atoms with Gasteiger partial charge in [-0.2, -0.15) is 146 Å². The average Bonchev–Trinajstić information content (AvgIpc) is 4.08. The first-order valence-electron chi connectivity index (χ1n) is 17.6. The van der Waals surface area contributed by atoms with Crippen molar-refractivity contribution >= 4 is 46.4 Å². The van der Waals surface area contributed by atoms with E-state index < -0.39 is 0 Å². The fourth-order valence-corrected chi connectivity index (χ4v) is 5.24.